The molecule has 0 saturated carbocycles. The van der Waals surface area contributed by atoms with Gasteiger partial charge < -0.3 is 21.0 Å². The number of anilines is 1. The fraction of sp³-hybridized carbons (Fsp3) is 0.385. The molecule has 2 aromatic rings. The number of hydrogen-bond acceptors (Lipinski definition) is 3. The standard InChI is InChI=1S/C11H11Br2N5O.C2H6/c12-7-6-4(5-3-16-11(14)17-5)1-2-15-10(19)8(6)18-9(7)13;1-2/h3-4,18H,1-2H2,(H,15,19)(H3,14,16,17);1-2H3. The van der Waals surface area contributed by atoms with Crippen LogP contribution < -0.4 is 11.1 Å². The van der Waals surface area contributed by atoms with Crippen LogP contribution >= 0.6 is 31.9 Å². The van der Waals surface area contributed by atoms with Crippen molar-refractivity contribution in [2.75, 3.05) is 12.3 Å². The molecule has 1 aliphatic rings. The quantitative estimate of drug-likeness (QED) is 0.572. The predicted molar refractivity (Wildman–Crippen MR) is 89.3 cm³/mol. The number of rotatable bonds is 1. The first-order valence-electron chi connectivity index (χ1n) is 6.73. The average molecular weight is 419 g/mol. The van der Waals surface area contributed by atoms with Crippen LogP contribution in [-0.4, -0.2) is 27.4 Å². The summed E-state index contributed by atoms with van der Waals surface area (Å²) in [5, 5.41) is 2.87. The smallest absolute Gasteiger partial charge is 0.268 e. The summed E-state index contributed by atoms with van der Waals surface area (Å²) in [6.07, 6.45) is 2.50. The van der Waals surface area contributed by atoms with Gasteiger partial charge in [0.15, 0.2) is 5.95 Å². The van der Waals surface area contributed by atoms with Crippen molar-refractivity contribution in [2.24, 2.45) is 0 Å². The molecule has 0 spiro atoms. The molecule has 1 unspecified atom stereocenters. The maximum absolute atomic E-state index is 12.0. The lowest BCUT2D eigenvalue weighted by Gasteiger charge is -2.13. The summed E-state index contributed by atoms with van der Waals surface area (Å²) in [4.78, 5) is 22.1. The van der Waals surface area contributed by atoms with Gasteiger partial charge in [0.25, 0.3) is 5.91 Å². The van der Waals surface area contributed by atoms with Gasteiger partial charge in [0.05, 0.1) is 15.3 Å². The number of hydrogen-bond donors (Lipinski definition) is 4. The number of fused-ring (bicyclic) bond motifs is 1. The number of nitrogens with two attached hydrogens (primary N) is 1. The summed E-state index contributed by atoms with van der Waals surface area (Å²) in [5.74, 6) is 0.317. The van der Waals surface area contributed by atoms with Crippen LogP contribution in [0.15, 0.2) is 15.3 Å². The molecule has 1 atom stereocenters. The number of aromatic amines is 2. The van der Waals surface area contributed by atoms with Gasteiger partial charge in [-0.25, -0.2) is 4.98 Å². The third kappa shape index (κ3) is 3.01. The number of nitrogens with zero attached hydrogens (tertiary/aromatic N) is 1. The van der Waals surface area contributed by atoms with Crippen LogP contribution in [0.4, 0.5) is 5.95 Å². The lowest BCUT2D eigenvalue weighted by Crippen LogP contribution is -2.23. The van der Waals surface area contributed by atoms with E-state index < -0.39 is 0 Å². The maximum atomic E-state index is 12.0. The number of carbonyl (C=O) groups excluding carboxylic acids is 1. The number of carbonyl (C=O) groups is 1. The van der Waals surface area contributed by atoms with Crippen molar-refractivity contribution in [3.63, 3.8) is 0 Å². The fourth-order valence-corrected chi connectivity index (χ4v) is 3.35. The van der Waals surface area contributed by atoms with Crippen molar-refractivity contribution in [1.29, 1.82) is 0 Å². The highest BCUT2D eigenvalue weighted by Gasteiger charge is 2.30. The Morgan fingerprint density at radius 2 is 2.05 bits per heavy atom. The highest BCUT2D eigenvalue weighted by molar-refractivity contribution is 9.13. The highest BCUT2D eigenvalue weighted by atomic mass is 79.9. The number of imidazole rings is 1. The van der Waals surface area contributed by atoms with Gasteiger partial charge in [-0.3, -0.25) is 4.79 Å². The molecule has 8 heteroatoms. The molecule has 0 saturated heterocycles. The zero-order valence-electron chi connectivity index (χ0n) is 11.8. The molecule has 0 radical (unpaired) electrons. The molecule has 0 aromatic carbocycles. The van der Waals surface area contributed by atoms with E-state index in [1.165, 1.54) is 0 Å². The molecule has 0 fully saturated rings. The maximum Gasteiger partial charge on any atom is 0.268 e. The van der Waals surface area contributed by atoms with Gasteiger partial charge in [0.1, 0.15) is 5.69 Å². The average Bonchev–Trinajstić information content (AvgIpc) is 2.98. The van der Waals surface area contributed by atoms with Crippen LogP contribution in [-0.2, 0) is 0 Å². The van der Waals surface area contributed by atoms with Crippen LogP contribution in [0.5, 0.6) is 0 Å². The Bertz CT molecular complexity index is 649. The minimum absolute atomic E-state index is 0.0377. The lowest BCUT2D eigenvalue weighted by atomic mass is 9.94. The minimum Gasteiger partial charge on any atom is -0.369 e. The molecule has 1 amide bonds. The van der Waals surface area contributed by atoms with E-state index in [1.54, 1.807) is 6.20 Å². The predicted octanol–water partition coefficient (Wildman–Crippen LogP) is 3.14. The Hall–Kier alpha value is -1.28. The normalized spacial score (nSPS) is 17.3. The van der Waals surface area contributed by atoms with E-state index in [9.17, 15) is 4.79 Å². The van der Waals surface area contributed by atoms with Crippen molar-refractivity contribution >= 4 is 43.7 Å². The number of nitrogens with one attached hydrogen (secondary N) is 3. The summed E-state index contributed by atoms with van der Waals surface area (Å²) < 4.78 is 1.62. The second kappa shape index (κ2) is 6.65. The summed E-state index contributed by atoms with van der Waals surface area (Å²) in [7, 11) is 0. The van der Waals surface area contributed by atoms with Gasteiger partial charge in [-0.15, -0.1) is 0 Å². The monoisotopic (exact) mass is 417 g/mol. The third-order valence-electron chi connectivity index (χ3n) is 3.22. The van der Waals surface area contributed by atoms with E-state index >= 15 is 0 Å². The van der Waals surface area contributed by atoms with E-state index in [-0.39, 0.29) is 11.8 Å². The first-order valence-corrected chi connectivity index (χ1v) is 8.32. The summed E-state index contributed by atoms with van der Waals surface area (Å²) >= 11 is 6.92. The van der Waals surface area contributed by atoms with E-state index in [2.05, 4.69) is 52.1 Å². The second-order valence-corrected chi connectivity index (χ2v) is 5.95. The first-order chi connectivity index (χ1) is 10.1. The highest BCUT2D eigenvalue weighted by Crippen LogP contribution is 2.40. The van der Waals surface area contributed by atoms with Gasteiger partial charge in [-0.05, 0) is 38.3 Å². The molecule has 114 valence electrons. The molecule has 0 aliphatic carbocycles. The Kier molecular flexibility index (Phi) is 5.10. The third-order valence-corrected chi connectivity index (χ3v) is 5.17. The van der Waals surface area contributed by atoms with E-state index in [4.69, 9.17) is 5.73 Å². The van der Waals surface area contributed by atoms with E-state index in [0.717, 1.165) is 26.8 Å². The molecule has 6 nitrogen and oxygen atoms in total. The van der Waals surface area contributed by atoms with Gasteiger partial charge in [0, 0.05) is 23.7 Å². The van der Waals surface area contributed by atoms with Crippen molar-refractivity contribution in [1.82, 2.24) is 20.3 Å². The Morgan fingerprint density at radius 3 is 2.67 bits per heavy atom. The summed E-state index contributed by atoms with van der Waals surface area (Å²) in [6.45, 7) is 4.61. The van der Waals surface area contributed by atoms with Crippen LogP contribution in [0.25, 0.3) is 0 Å². The molecule has 21 heavy (non-hydrogen) atoms. The SMILES string of the molecule is CC.Nc1ncc(C2CCNC(=O)c3[nH]c(Br)c(Br)c32)[nH]1. The first kappa shape index (κ1) is 16.1. The van der Waals surface area contributed by atoms with E-state index in [1.807, 2.05) is 13.8 Å². The molecular weight excluding hydrogens is 402 g/mol. The van der Waals surface area contributed by atoms with Crippen LogP contribution in [0.2, 0.25) is 0 Å². The van der Waals surface area contributed by atoms with Crippen LogP contribution in [0.1, 0.15) is 47.9 Å². The largest absolute Gasteiger partial charge is 0.369 e. The van der Waals surface area contributed by atoms with Gasteiger partial charge in [-0.2, -0.15) is 0 Å². The number of halogens is 2. The van der Waals surface area contributed by atoms with E-state index in [0.29, 0.717) is 18.2 Å². The summed E-state index contributed by atoms with van der Waals surface area (Å²) in [6, 6.07) is 0. The van der Waals surface area contributed by atoms with Crippen molar-refractivity contribution in [2.45, 2.75) is 26.2 Å². The summed E-state index contributed by atoms with van der Waals surface area (Å²) in [5.41, 5.74) is 8.03. The molecule has 3 heterocycles. The molecule has 5 N–H and O–H groups in total. The molecule has 1 aliphatic heterocycles. The topological polar surface area (TPSA) is 99.6 Å². The van der Waals surface area contributed by atoms with Crippen molar-refractivity contribution in [3.05, 3.63) is 32.2 Å². The molecule has 2 aromatic heterocycles. The van der Waals surface area contributed by atoms with Gasteiger partial charge >= 0.3 is 0 Å². The number of H-pyrrole nitrogens is 2. The molecular formula is C13H17Br2N5O. The number of amides is 1. The van der Waals surface area contributed by atoms with Crippen LogP contribution in [0, 0.1) is 0 Å². The van der Waals surface area contributed by atoms with Gasteiger partial charge in [0.2, 0.25) is 0 Å². The van der Waals surface area contributed by atoms with Gasteiger partial charge in [-0.1, -0.05) is 13.8 Å². The molecule has 3 rings (SSSR count). The Balaban J connectivity index is 0.000000774. The van der Waals surface area contributed by atoms with Crippen molar-refractivity contribution < 1.29 is 4.79 Å². The lowest BCUT2D eigenvalue weighted by molar-refractivity contribution is 0.0951. The Labute approximate surface area is 139 Å². The number of aromatic nitrogens is 3. The zero-order valence-corrected chi connectivity index (χ0v) is 14.9. The molecule has 0 bridgehead atoms. The zero-order chi connectivity index (χ0) is 15.6. The second-order valence-electron chi connectivity index (χ2n) is 4.36. The van der Waals surface area contributed by atoms with Crippen LogP contribution in [0.3, 0.4) is 0 Å². The van der Waals surface area contributed by atoms with Crippen molar-refractivity contribution in [3.8, 4) is 0 Å². The Morgan fingerprint density at radius 1 is 1.33 bits per heavy atom. The minimum atomic E-state index is -0.101. The fourth-order valence-electron chi connectivity index (χ4n) is 2.37. The number of nitrogen functional groups attached to an aromatic ring is 1.